The Labute approximate surface area is 139 Å². The number of hydrogen-bond donors (Lipinski definition) is 0. The molecule has 0 N–H and O–H groups in total. The largest absolute Gasteiger partial charge is 0.304 e. The van der Waals surface area contributed by atoms with E-state index in [0.29, 0.717) is 12.1 Å². The number of halogens is 1. The first-order valence-electron chi connectivity index (χ1n) is 8.50. The van der Waals surface area contributed by atoms with Crippen molar-refractivity contribution in [1.29, 1.82) is 0 Å². The van der Waals surface area contributed by atoms with Crippen LogP contribution in [0.5, 0.6) is 0 Å². The zero-order valence-corrected chi connectivity index (χ0v) is 14.6. The summed E-state index contributed by atoms with van der Waals surface area (Å²) in [5.74, 6) is 1.10. The summed E-state index contributed by atoms with van der Waals surface area (Å²) in [6.07, 6.45) is 7.43. The van der Waals surface area contributed by atoms with Crippen molar-refractivity contribution in [1.82, 2.24) is 30.0 Å². The summed E-state index contributed by atoms with van der Waals surface area (Å²) in [5.41, 5.74) is 0. The fraction of sp³-hybridized carbons (Fsp3) is 0.933. The van der Waals surface area contributed by atoms with Gasteiger partial charge in [-0.25, -0.2) is 4.68 Å². The maximum atomic E-state index is 4.42. The van der Waals surface area contributed by atoms with Gasteiger partial charge in [-0.2, -0.15) is 0 Å². The molecule has 2 fully saturated rings. The Morgan fingerprint density at radius 2 is 1.82 bits per heavy atom. The molecule has 126 valence electrons. The summed E-state index contributed by atoms with van der Waals surface area (Å²) >= 11 is 0. The fourth-order valence-corrected chi connectivity index (χ4v) is 3.71. The average molecular weight is 329 g/mol. The molecular weight excluding hydrogens is 300 g/mol. The minimum Gasteiger partial charge on any atom is -0.304 e. The van der Waals surface area contributed by atoms with Crippen LogP contribution in [0.4, 0.5) is 0 Å². The van der Waals surface area contributed by atoms with Crippen LogP contribution < -0.4 is 0 Å². The third-order valence-electron chi connectivity index (χ3n) is 5.03. The van der Waals surface area contributed by atoms with Gasteiger partial charge in [0.2, 0.25) is 0 Å². The van der Waals surface area contributed by atoms with Crippen molar-refractivity contribution in [3.05, 3.63) is 5.82 Å². The Kier molecular flexibility index (Phi) is 6.59. The molecule has 0 aromatic carbocycles. The van der Waals surface area contributed by atoms with Crippen LogP contribution >= 0.6 is 12.4 Å². The molecule has 1 aromatic heterocycles. The van der Waals surface area contributed by atoms with E-state index >= 15 is 0 Å². The normalized spacial score (nSPS) is 22.6. The van der Waals surface area contributed by atoms with Gasteiger partial charge < -0.3 is 4.90 Å². The second-order valence-electron chi connectivity index (χ2n) is 6.56. The number of piperazine rings is 1. The summed E-state index contributed by atoms with van der Waals surface area (Å²) in [7, 11) is 2.20. The predicted molar refractivity (Wildman–Crippen MR) is 89.3 cm³/mol. The number of likely N-dealkylation sites (N-methyl/N-ethyl adjacent to an activating group) is 1. The standard InChI is InChI=1S/C15H28N6.ClH/c1-3-6-14(20-11-9-19(2)10-12-20)15-16-17-18-21(15)13-7-4-5-8-13;/h13-14H,3-12H2,1-2H3;1H. The van der Waals surface area contributed by atoms with E-state index < -0.39 is 0 Å². The van der Waals surface area contributed by atoms with Gasteiger partial charge >= 0.3 is 0 Å². The third-order valence-corrected chi connectivity index (χ3v) is 5.03. The molecule has 1 aliphatic heterocycles. The third kappa shape index (κ3) is 3.78. The van der Waals surface area contributed by atoms with Crippen LogP contribution in [0.2, 0.25) is 0 Å². The zero-order valence-electron chi connectivity index (χ0n) is 13.8. The zero-order chi connectivity index (χ0) is 14.7. The van der Waals surface area contributed by atoms with E-state index in [1.165, 1.54) is 32.1 Å². The first kappa shape index (κ1) is 17.6. The molecule has 7 heteroatoms. The monoisotopic (exact) mass is 328 g/mol. The van der Waals surface area contributed by atoms with E-state index in [9.17, 15) is 0 Å². The topological polar surface area (TPSA) is 50.1 Å². The molecule has 6 nitrogen and oxygen atoms in total. The summed E-state index contributed by atoms with van der Waals surface area (Å²) in [4.78, 5) is 4.99. The van der Waals surface area contributed by atoms with Gasteiger partial charge in [-0.1, -0.05) is 26.2 Å². The summed E-state index contributed by atoms with van der Waals surface area (Å²) in [6, 6.07) is 0.918. The van der Waals surface area contributed by atoms with Gasteiger partial charge in [-0.3, -0.25) is 4.90 Å². The number of tetrazole rings is 1. The van der Waals surface area contributed by atoms with Crippen LogP contribution in [0.1, 0.15) is 63.4 Å². The summed E-state index contributed by atoms with van der Waals surface area (Å²) in [6.45, 7) is 6.79. The van der Waals surface area contributed by atoms with Crippen LogP contribution in [-0.2, 0) is 0 Å². The number of rotatable bonds is 5. The van der Waals surface area contributed by atoms with Gasteiger partial charge in [-0.15, -0.1) is 17.5 Å². The molecule has 1 aromatic rings. The van der Waals surface area contributed by atoms with Gasteiger partial charge in [-0.05, 0) is 36.7 Å². The molecule has 0 bridgehead atoms. The molecule has 22 heavy (non-hydrogen) atoms. The van der Waals surface area contributed by atoms with Crippen molar-refractivity contribution in [2.45, 2.75) is 57.5 Å². The Balaban J connectivity index is 0.00000176. The predicted octanol–water partition coefficient (Wildman–Crippen LogP) is 2.30. The fourth-order valence-electron chi connectivity index (χ4n) is 3.71. The second kappa shape index (κ2) is 8.22. The first-order valence-corrected chi connectivity index (χ1v) is 8.50. The van der Waals surface area contributed by atoms with E-state index in [1.54, 1.807) is 0 Å². The van der Waals surface area contributed by atoms with Crippen molar-refractivity contribution in [2.24, 2.45) is 0 Å². The summed E-state index contributed by atoms with van der Waals surface area (Å²) < 4.78 is 2.14. The SMILES string of the molecule is CCCC(c1nnnn1C1CCCC1)N1CCN(C)CC1.Cl. The Morgan fingerprint density at radius 3 is 2.45 bits per heavy atom. The second-order valence-corrected chi connectivity index (χ2v) is 6.56. The highest BCUT2D eigenvalue weighted by molar-refractivity contribution is 5.85. The molecule has 1 saturated carbocycles. The van der Waals surface area contributed by atoms with Crippen molar-refractivity contribution in [2.75, 3.05) is 33.2 Å². The van der Waals surface area contributed by atoms with Gasteiger partial charge in [0, 0.05) is 26.2 Å². The molecule has 2 aliphatic rings. The maximum absolute atomic E-state index is 4.42. The van der Waals surface area contributed by atoms with Crippen LogP contribution in [0.15, 0.2) is 0 Å². The van der Waals surface area contributed by atoms with Crippen LogP contribution in [0.3, 0.4) is 0 Å². The van der Waals surface area contributed by atoms with E-state index in [-0.39, 0.29) is 12.4 Å². The molecule has 0 spiro atoms. The Hall–Kier alpha value is -0.720. The molecule has 3 rings (SSSR count). The maximum Gasteiger partial charge on any atom is 0.168 e. The molecular formula is C15H29ClN6. The van der Waals surface area contributed by atoms with E-state index in [4.69, 9.17) is 0 Å². The smallest absolute Gasteiger partial charge is 0.168 e. The minimum absolute atomic E-state index is 0. The Morgan fingerprint density at radius 1 is 1.14 bits per heavy atom. The quantitative estimate of drug-likeness (QED) is 0.830. The first-order chi connectivity index (χ1) is 10.3. The van der Waals surface area contributed by atoms with Crippen LogP contribution in [0, 0.1) is 0 Å². The van der Waals surface area contributed by atoms with E-state index in [0.717, 1.165) is 38.4 Å². The molecule has 0 amide bonds. The van der Waals surface area contributed by atoms with Gasteiger partial charge in [0.15, 0.2) is 5.82 Å². The lowest BCUT2D eigenvalue weighted by Crippen LogP contribution is -2.46. The van der Waals surface area contributed by atoms with Crippen LogP contribution in [-0.4, -0.2) is 63.2 Å². The highest BCUT2D eigenvalue weighted by Gasteiger charge is 2.30. The van der Waals surface area contributed by atoms with Crippen molar-refractivity contribution in [3.63, 3.8) is 0 Å². The van der Waals surface area contributed by atoms with Crippen LogP contribution in [0.25, 0.3) is 0 Å². The number of nitrogens with zero attached hydrogens (tertiary/aromatic N) is 6. The highest BCUT2D eigenvalue weighted by Crippen LogP contribution is 2.33. The highest BCUT2D eigenvalue weighted by atomic mass is 35.5. The van der Waals surface area contributed by atoms with E-state index in [2.05, 4.69) is 44.0 Å². The average Bonchev–Trinajstić information content (AvgIpc) is 3.16. The molecule has 1 unspecified atom stereocenters. The van der Waals surface area contributed by atoms with Gasteiger partial charge in [0.1, 0.15) is 0 Å². The molecule has 1 saturated heterocycles. The lowest BCUT2D eigenvalue weighted by atomic mass is 10.1. The number of hydrogen-bond acceptors (Lipinski definition) is 5. The molecule has 1 atom stereocenters. The lowest BCUT2D eigenvalue weighted by Gasteiger charge is -2.37. The minimum atomic E-state index is 0. The molecule has 2 heterocycles. The van der Waals surface area contributed by atoms with Gasteiger partial charge in [0.05, 0.1) is 12.1 Å². The molecule has 0 radical (unpaired) electrons. The number of aromatic nitrogens is 4. The molecule has 1 aliphatic carbocycles. The summed E-state index contributed by atoms with van der Waals surface area (Å²) in [5, 5.41) is 12.8. The lowest BCUT2D eigenvalue weighted by molar-refractivity contribution is 0.0983. The van der Waals surface area contributed by atoms with Gasteiger partial charge in [0.25, 0.3) is 0 Å². The van der Waals surface area contributed by atoms with Crippen molar-refractivity contribution in [3.8, 4) is 0 Å². The van der Waals surface area contributed by atoms with E-state index in [1.807, 2.05) is 0 Å². The Bertz CT molecular complexity index is 437. The van der Waals surface area contributed by atoms with Crippen molar-refractivity contribution < 1.29 is 0 Å². The van der Waals surface area contributed by atoms with Crippen molar-refractivity contribution >= 4 is 12.4 Å².